The summed E-state index contributed by atoms with van der Waals surface area (Å²) in [6, 6.07) is 6.27. The van der Waals surface area contributed by atoms with Gasteiger partial charge in [0.05, 0.1) is 9.98 Å². The number of hydrogen-bond donors (Lipinski definition) is 1. The summed E-state index contributed by atoms with van der Waals surface area (Å²) in [6.45, 7) is 0. The van der Waals surface area contributed by atoms with E-state index in [2.05, 4.69) is 26.2 Å². The van der Waals surface area contributed by atoms with Crippen LogP contribution in [0, 0.1) is 5.82 Å². The van der Waals surface area contributed by atoms with Crippen LogP contribution in [0.3, 0.4) is 0 Å². The first-order valence-electron chi connectivity index (χ1n) is 3.88. The van der Waals surface area contributed by atoms with Crippen molar-refractivity contribution < 1.29 is 4.39 Å². The molecule has 5 heteroatoms. The Labute approximate surface area is 92.9 Å². The lowest BCUT2D eigenvalue weighted by molar-refractivity contribution is 0.628. The Balaban J connectivity index is 2.18. The van der Waals surface area contributed by atoms with E-state index in [4.69, 9.17) is 0 Å². The summed E-state index contributed by atoms with van der Waals surface area (Å²) < 4.78 is 13.7. The fourth-order valence-electron chi connectivity index (χ4n) is 1.00. The molecule has 0 saturated heterocycles. The summed E-state index contributed by atoms with van der Waals surface area (Å²) in [7, 11) is 0. The molecule has 2 rings (SSSR count). The highest BCUT2D eigenvalue weighted by atomic mass is 79.9. The zero-order valence-electron chi connectivity index (χ0n) is 7.00. The zero-order valence-corrected chi connectivity index (χ0v) is 9.40. The maximum atomic E-state index is 12.8. The molecule has 1 aromatic heterocycles. The van der Waals surface area contributed by atoms with Gasteiger partial charge in [0.15, 0.2) is 5.13 Å². The highest BCUT2D eigenvalue weighted by Gasteiger charge is 2.00. The zero-order chi connectivity index (χ0) is 9.97. The third-order valence-corrected chi connectivity index (χ3v) is 2.94. The Morgan fingerprint density at radius 3 is 2.93 bits per heavy atom. The Hall–Kier alpha value is -0.940. The van der Waals surface area contributed by atoms with E-state index in [9.17, 15) is 4.39 Å². The maximum absolute atomic E-state index is 12.8. The van der Waals surface area contributed by atoms with E-state index in [1.165, 1.54) is 23.5 Å². The van der Waals surface area contributed by atoms with Crippen molar-refractivity contribution in [3.05, 3.63) is 40.1 Å². The highest BCUT2D eigenvalue weighted by molar-refractivity contribution is 9.11. The van der Waals surface area contributed by atoms with Crippen molar-refractivity contribution in [2.75, 3.05) is 5.32 Å². The van der Waals surface area contributed by atoms with Gasteiger partial charge in [0.25, 0.3) is 0 Å². The molecule has 0 fully saturated rings. The van der Waals surface area contributed by atoms with Crippen molar-refractivity contribution in [3.8, 4) is 0 Å². The van der Waals surface area contributed by atoms with Gasteiger partial charge in [-0.3, -0.25) is 0 Å². The fraction of sp³-hybridized carbons (Fsp3) is 0. The number of rotatable bonds is 2. The molecule has 1 heterocycles. The van der Waals surface area contributed by atoms with Crippen LogP contribution in [0.25, 0.3) is 0 Å². The average molecular weight is 273 g/mol. The van der Waals surface area contributed by atoms with Gasteiger partial charge in [0.2, 0.25) is 0 Å². The largest absolute Gasteiger partial charge is 0.331 e. The first-order chi connectivity index (χ1) is 6.74. The molecule has 0 bridgehead atoms. The smallest absolute Gasteiger partial charge is 0.188 e. The van der Waals surface area contributed by atoms with Crippen molar-refractivity contribution in [1.82, 2.24) is 4.98 Å². The maximum Gasteiger partial charge on any atom is 0.188 e. The second-order valence-electron chi connectivity index (χ2n) is 2.60. The second kappa shape index (κ2) is 4.06. The standard InChI is InChI=1S/C9H6BrFN2S/c10-8-5-12-9(14-8)13-7-3-1-2-6(11)4-7/h1-5H,(H,12,13). The van der Waals surface area contributed by atoms with Gasteiger partial charge in [0.1, 0.15) is 5.82 Å². The lowest BCUT2D eigenvalue weighted by Crippen LogP contribution is -1.88. The minimum absolute atomic E-state index is 0.259. The van der Waals surface area contributed by atoms with E-state index in [0.717, 1.165) is 8.92 Å². The van der Waals surface area contributed by atoms with Crippen molar-refractivity contribution in [1.29, 1.82) is 0 Å². The first-order valence-corrected chi connectivity index (χ1v) is 5.49. The minimum atomic E-state index is -0.259. The molecule has 2 nitrogen and oxygen atoms in total. The lowest BCUT2D eigenvalue weighted by Gasteiger charge is -2.00. The average Bonchev–Trinajstić information content (AvgIpc) is 2.51. The highest BCUT2D eigenvalue weighted by Crippen LogP contribution is 2.26. The number of aromatic nitrogens is 1. The van der Waals surface area contributed by atoms with Crippen molar-refractivity contribution in [2.24, 2.45) is 0 Å². The number of benzene rings is 1. The van der Waals surface area contributed by atoms with Gasteiger partial charge in [-0.15, -0.1) is 0 Å². The minimum Gasteiger partial charge on any atom is -0.331 e. The summed E-state index contributed by atoms with van der Waals surface area (Å²) in [6.07, 6.45) is 1.70. The van der Waals surface area contributed by atoms with Crippen LogP contribution in [0.4, 0.5) is 15.2 Å². The predicted molar refractivity (Wildman–Crippen MR) is 59.5 cm³/mol. The molecule has 14 heavy (non-hydrogen) atoms. The normalized spacial score (nSPS) is 10.1. The molecule has 72 valence electrons. The molecule has 2 aromatic rings. The van der Waals surface area contributed by atoms with Crippen LogP contribution in [-0.2, 0) is 0 Å². The molecule has 0 radical (unpaired) electrons. The third-order valence-electron chi connectivity index (χ3n) is 1.55. The number of halogens is 2. The van der Waals surface area contributed by atoms with E-state index in [-0.39, 0.29) is 5.82 Å². The molecule has 0 saturated carbocycles. The van der Waals surface area contributed by atoms with Crippen LogP contribution >= 0.6 is 27.3 Å². The summed E-state index contributed by atoms with van der Waals surface area (Å²) in [5, 5.41) is 3.74. The van der Waals surface area contributed by atoms with Crippen molar-refractivity contribution in [3.63, 3.8) is 0 Å². The van der Waals surface area contributed by atoms with E-state index < -0.39 is 0 Å². The molecule has 0 spiro atoms. The third kappa shape index (κ3) is 2.30. The van der Waals surface area contributed by atoms with Gasteiger partial charge in [-0.1, -0.05) is 17.4 Å². The van der Waals surface area contributed by atoms with Crippen molar-refractivity contribution >= 4 is 38.1 Å². The summed E-state index contributed by atoms with van der Waals surface area (Å²) in [5.41, 5.74) is 0.701. The van der Waals surface area contributed by atoms with E-state index in [1.54, 1.807) is 18.3 Å². The molecule has 0 aliphatic rings. The number of thiazole rings is 1. The number of nitrogens with one attached hydrogen (secondary N) is 1. The summed E-state index contributed by atoms with van der Waals surface area (Å²) >= 11 is 4.76. The Morgan fingerprint density at radius 2 is 2.29 bits per heavy atom. The molecule has 1 aromatic carbocycles. The number of hydrogen-bond acceptors (Lipinski definition) is 3. The lowest BCUT2D eigenvalue weighted by atomic mass is 10.3. The van der Waals surface area contributed by atoms with Gasteiger partial charge < -0.3 is 5.32 Å². The molecule has 0 aliphatic carbocycles. The summed E-state index contributed by atoms with van der Waals surface area (Å²) in [4.78, 5) is 4.08. The van der Waals surface area contributed by atoms with Gasteiger partial charge in [-0.25, -0.2) is 9.37 Å². The molecular weight excluding hydrogens is 267 g/mol. The van der Waals surface area contributed by atoms with Crippen LogP contribution in [-0.4, -0.2) is 4.98 Å². The number of nitrogens with zero attached hydrogens (tertiary/aromatic N) is 1. The van der Waals surface area contributed by atoms with Gasteiger partial charge in [0, 0.05) is 5.69 Å². The first kappa shape index (κ1) is 9.61. The van der Waals surface area contributed by atoms with E-state index in [0.29, 0.717) is 5.69 Å². The second-order valence-corrected chi connectivity index (χ2v) is 5.01. The predicted octanol–water partition coefficient (Wildman–Crippen LogP) is 3.79. The van der Waals surface area contributed by atoms with E-state index >= 15 is 0 Å². The van der Waals surface area contributed by atoms with Crippen LogP contribution < -0.4 is 5.32 Å². The quantitative estimate of drug-likeness (QED) is 0.900. The van der Waals surface area contributed by atoms with Gasteiger partial charge in [-0.2, -0.15) is 0 Å². The van der Waals surface area contributed by atoms with E-state index in [1.807, 2.05) is 0 Å². The molecular formula is C9H6BrFN2S. The number of anilines is 2. The van der Waals surface area contributed by atoms with Gasteiger partial charge >= 0.3 is 0 Å². The summed E-state index contributed by atoms with van der Waals surface area (Å²) in [5.74, 6) is -0.259. The fourth-order valence-corrected chi connectivity index (χ4v) is 2.13. The molecule has 1 N–H and O–H groups in total. The monoisotopic (exact) mass is 272 g/mol. The Kier molecular flexibility index (Phi) is 2.79. The SMILES string of the molecule is Fc1cccc(Nc2ncc(Br)s2)c1. The molecule has 0 unspecified atom stereocenters. The Bertz CT molecular complexity index is 444. The molecule has 0 amide bonds. The topological polar surface area (TPSA) is 24.9 Å². The van der Waals surface area contributed by atoms with Crippen LogP contribution in [0.2, 0.25) is 0 Å². The van der Waals surface area contributed by atoms with Gasteiger partial charge in [-0.05, 0) is 34.1 Å². The van der Waals surface area contributed by atoms with Crippen molar-refractivity contribution in [2.45, 2.75) is 0 Å². The van der Waals surface area contributed by atoms with Crippen LogP contribution in [0.15, 0.2) is 34.2 Å². The molecule has 0 aliphatic heterocycles. The van der Waals surface area contributed by atoms with Crippen LogP contribution in [0.5, 0.6) is 0 Å². The molecule has 0 atom stereocenters. The van der Waals surface area contributed by atoms with Crippen LogP contribution in [0.1, 0.15) is 0 Å². The Morgan fingerprint density at radius 1 is 1.43 bits per heavy atom.